The van der Waals surface area contributed by atoms with Crippen LogP contribution in [0.5, 0.6) is 0 Å². The van der Waals surface area contributed by atoms with E-state index >= 15 is 0 Å². The summed E-state index contributed by atoms with van der Waals surface area (Å²) in [5, 5.41) is 6.27. The third kappa shape index (κ3) is 3.23. The Morgan fingerprint density at radius 3 is 2.55 bits per heavy atom. The molecule has 2 rings (SSSR count). The molecule has 2 aromatic rings. The number of anilines is 1. The molecule has 6 nitrogen and oxygen atoms in total. The second-order valence-electron chi connectivity index (χ2n) is 4.19. The van der Waals surface area contributed by atoms with Crippen LogP contribution in [-0.2, 0) is 9.53 Å². The van der Waals surface area contributed by atoms with Gasteiger partial charge >= 0.3 is 5.97 Å². The van der Waals surface area contributed by atoms with E-state index in [0.29, 0.717) is 17.1 Å². The van der Waals surface area contributed by atoms with Gasteiger partial charge in [-0.05, 0) is 26.0 Å². The summed E-state index contributed by atoms with van der Waals surface area (Å²) in [6, 6.07) is 8.92. The summed E-state index contributed by atoms with van der Waals surface area (Å²) in [6.45, 7) is 2.88. The predicted octanol–water partition coefficient (Wildman–Crippen LogP) is 2.09. The average Bonchev–Trinajstić information content (AvgIpc) is 2.77. The predicted molar refractivity (Wildman–Crippen MR) is 71.3 cm³/mol. The van der Waals surface area contributed by atoms with Crippen LogP contribution in [0.1, 0.15) is 21.8 Å². The molecule has 0 atom stereocenters. The molecule has 104 valence electrons. The fourth-order valence-electron chi connectivity index (χ4n) is 1.70. The zero-order chi connectivity index (χ0) is 14.5. The van der Waals surface area contributed by atoms with Crippen molar-refractivity contribution in [2.45, 2.75) is 13.8 Å². The van der Waals surface area contributed by atoms with Crippen molar-refractivity contribution in [2.24, 2.45) is 0 Å². The Morgan fingerprint density at radius 2 is 1.95 bits per heavy atom. The van der Waals surface area contributed by atoms with E-state index < -0.39 is 11.9 Å². The average molecular weight is 274 g/mol. The monoisotopic (exact) mass is 274 g/mol. The number of esters is 1. The van der Waals surface area contributed by atoms with Gasteiger partial charge in [0, 0.05) is 5.69 Å². The maximum absolute atomic E-state index is 11.8. The van der Waals surface area contributed by atoms with E-state index in [9.17, 15) is 9.59 Å². The fraction of sp³-hybridized carbons (Fsp3) is 0.214. The molecule has 0 aliphatic heterocycles. The third-order valence-electron chi connectivity index (χ3n) is 2.63. The summed E-state index contributed by atoms with van der Waals surface area (Å²) < 4.78 is 9.80. The molecule has 0 unspecified atom stereocenters. The summed E-state index contributed by atoms with van der Waals surface area (Å²) >= 11 is 0. The van der Waals surface area contributed by atoms with Gasteiger partial charge in [0.25, 0.3) is 5.91 Å². The van der Waals surface area contributed by atoms with Gasteiger partial charge in [-0.3, -0.25) is 4.79 Å². The standard InChI is InChI=1S/C14H14N2O4/c1-9-13(10(2)20-16-9)14(18)19-8-12(17)15-11-6-4-3-5-7-11/h3-7H,8H2,1-2H3,(H,15,17). The Labute approximate surface area is 115 Å². The van der Waals surface area contributed by atoms with Gasteiger partial charge in [0.1, 0.15) is 11.3 Å². The van der Waals surface area contributed by atoms with Gasteiger partial charge in [-0.15, -0.1) is 0 Å². The molecule has 0 radical (unpaired) electrons. The minimum atomic E-state index is -0.621. The molecule has 0 aliphatic rings. The van der Waals surface area contributed by atoms with Crippen molar-refractivity contribution in [1.82, 2.24) is 5.16 Å². The topological polar surface area (TPSA) is 81.4 Å². The quantitative estimate of drug-likeness (QED) is 0.863. The molecule has 1 heterocycles. The lowest BCUT2D eigenvalue weighted by Crippen LogP contribution is -2.21. The van der Waals surface area contributed by atoms with Crippen LogP contribution in [0.2, 0.25) is 0 Å². The Morgan fingerprint density at radius 1 is 1.25 bits per heavy atom. The third-order valence-corrected chi connectivity index (χ3v) is 2.63. The SMILES string of the molecule is Cc1noc(C)c1C(=O)OCC(=O)Nc1ccccc1. The van der Waals surface area contributed by atoms with Crippen LogP contribution in [0.3, 0.4) is 0 Å². The normalized spacial score (nSPS) is 10.1. The highest BCUT2D eigenvalue weighted by atomic mass is 16.5. The van der Waals surface area contributed by atoms with Crippen LogP contribution in [-0.4, -0.2) is 23.6 Å². The molecule has 1 amide bonds. The number of hydrogen-bond donors (Lipinski definition) is 1. The first-order chi connectivity index (χ1) is 9.58. The van der Waals surface area contributed by atoms with Crippen molar-refractivity contribution in [3.63, 3.8) is 0 Å². The molecule has 1 N–H and O–H groups in total. The lowest BCUT2D eigenvalue weighted by Gasteiger charge is -2.06. The number of carbonyl (C=O) groups excluding carboxylic acids is 2. The summed E-state index contributed by atoms with van der Waals surface area (Å²) in [4.78, 5) is 23.4. The van der Waals surface area contributed by atoms with Crippen molar-refractivity contribution in [2.75, 3.05) is 11.9 Å². The molecule has 0 aliphatic carbocycles. The zero-order valence-corrected chi connectivity index (χ0v) is 11.2. The van der Waals surface area contributed by atoms with Crippen LogP contribution in [0.4, 0.5) is 5.69 Å². The maximum Gasteiger partial charge on any atom is 0.344 e. The number of aromatic nitrogens is 1. The van der Waals surface area contributed by atoms with Gasteiger partial charge in [-0.1, -0.05) is 23.4 Å². The summed E-state index contributed by atoms with van der Waals surface area (Å²) in [7, 11) is 0. The molecular weight excluding hydrogens is 260 g/mol. The fourth-order valence-corrected chi connectivity index (χ4v) is 1.70. The molecule has 1 aromatic heterocycles. The summed E-state index contributed by atoms with van der Waals surface area (Å²) in [5.41, 5.74) is 1.35. The lowest BCUT2D eigenvalue weighted by atomic mass is 10.2. The number of carbonyl (C=O) groups is 2. The van der Waals surface area contributed by atoms with E-state index in [0.717, 1.165) is 0 Å². The molecule has 0 bridgehead atoms. The number of hydrogen-bond acceptors (Lipinski definition) is 5. The van der Waals surface area contributed by atoms with Crippen LogP contribution in [0.15, 0.2) is 34.9 Å². The number of benzene rings is 1. The number of para-hydroxylation sites is 1. The molecule has 0 fully saturated rings. The first-order valence-electron chi connectivity index (χ1n) is 6.03. The number of ether oxygens (including phenoxy) is 1. The van der Waals surface area contributed by atoms with Crippen LogP contribution in [0.25, 0.3) is 0 Å². The Bertz CT molecular complexity index is 600. The van der Waals surface area contributed by atoms with Crippen LogP contribution in [0, 0.1) is 13.8 Å². The maximum atomic E-state index is 11.8. The highest BCUT2D eigenvalue weighted by Gasteiger charge is 2.19. The van der Waals surface area contributed by atoms with Gasteiger partial charge in [0.2, 0.25) is 0 Å². The van der Waals surface area contributed by atoms with Crippen LogP contribution < -0.4 is 5.32 Å². The Balaban J connectivity index is 1.89. The number of amides is 1. The van der Waals surface area contributed by atoms with Crippen molar-refractivity contribution < 1.29 is 18.8 Å². The first kappa shape index (κ1) is 13.8. The minimum Gasteiger partial charge on any atom is -0.452 e. The van der Waals surface area contributed by atoms with Gasteiger partial charge in [-0.2, -0.15) is 0 Å². The first-order valence-corrected chi connectivity index (χ1v) is 6.03. The smallest absolute Gasteiger partial charge is 0.344 e. The number of rotatable bonds is 4. The van der Waals surface area contributed by atoms with E-state index in [2.05, 4.69) is 10.5 Å². The minimum absolute atomic E-state index is 0.262. The Hall–Kier alpha value is -2.63. The van der Waals surface area contributed by atoms with Gasteiger partial charge in [-0.25, -0.2) is 4.79 Å². The van der Waals surface area contributed by atoms with Gasteiger partial charge < -0.3 is 14.6 Å². The van der Waals surface area contributed by atoms with E-state index in [1.807, 2.05) is 6.07 Å². The van der Waals surface area contributed by atoms with Crippen molar-refractivity contribution >= 4 is 17.6 Å². The lowest BCUT2D eigenvalue weighted by molar-refractivity contribution is -0.119. The van der Waals surface area contributed by atoms with Crippen molar-refractivity contribution in [3.05, 3.63) is 47.3 Å². The Kier molecular flexibility index (Phi) is 4.14. The zero-order valence-electron chi connectivity index (χ0n) is 11.2. The van der Waals surface area contributed by atoms with Gasteiger partial charge in [0.05, 0.1) is 5.69 Å². The highest BCUT2D eigenvalue weighted by Crippen LogP contribution is 2.13. The number of nitrogens with one attached hydrogen (secondary N) is 1. The largest absolute Gasteiger partial charge is 0.452 e. The molecular formula is C14H14N2O4. The van der Waals surface area contributed by atoms with E-state index in [1.165, 1.54) is 0 Å². The van der Waals surface area contributed by atoms with E-state index in [4.69, 9.17) is 9.26 Å². The van der Waals surface area contributed by atoms with Crippen molar-refractivity contribution in [3.8, 4) is 0 Å². The molecule has 0 spiro atoms. The molecule has 0 saturated carbocycles. The van der Waals surface area contributed by atoms with E-state index in [1.54, 1.807) is 38.1 Å². The molecule has 0 saturated heterocycles. The second-order valence-corrected chi connectivity index (χ2v) is 4.19. The van der Waals surface area contributed by atoms with Gasteiger partial charge in [0.15, 0.2) is 6.61 Å². The number of aryl methyl sites for hydroxylation is 2. The summed E-state index contributed by atoms with van der Waals surface area (Å²) in [5.74, 6) is -0.656. The molecule has 1 aromatic carbocycles. The summed E-state index contributed by atoms with van der Waals surface area (Å²) in [6.07, 6.45) is 0. The second kappa shape index (κ2) is 6.01. The molecule has 20 heavy (non-hydrogen) atoms. The molecule has 6 heteroatoms. The van der Waals surface area contributed by atoms with E-state index in [-0.39, 0.29) is 12.2 Å². The highest BCUT2D eigenvalue weighted by molar-refractivity contribution is 5.96. The van der Waals surface area contributed by atoms with Crippen molar-refractivity contribution in [1.29, 1.82) is 0 Å². The number of nitrogens with zero attached hydrogens (tertiary/aromatic N) is 1. The van der Waals surface area contributed by atoms with Crippen LogP contribution >= 0.6 is 0 Å².